The number of fused-ring (bicyclic) bond motifs is 1. The second kappa shape index (κ2) is 6.99. The van der Waals surface area contributed by atoms with E-state index in [1.54, 1.807) is 6.08 Å². The zero-order valence-corrected chi connectivity index (χ0v) is 17.0. The number of hydrogen-bond donors (Lipinski definition) is 1. The van der Waals surface area contributed by atoms with Gasteiger partial charge in [-0.15, -0.1) is 0 Å². The highest BCUT2D eigenvalue weighted by Gasteiger charge is 2.37. The largest absolute Gasteiger partial charge is 0.478 e. The van der Waals surface area contributed by atoms with Crippen molar-refractivity contribution >= 4 is 12.0 Å². The van der Waals surface area contributed by atoms with E-state index in [0.717, 1.165) is 5.56 Å². The van der Waals surface area contributed by atoms with E-state index < -0.39 is 5.97 Å². The lowest BCUT2D eigenvalue weighted by atomic mass is 9.62. The number of carboxylic acids is 1. The van der Waals surface area contributed by atoms with E-state index in [9.17, 15) is 4.79 Å². The van der Waals surface area contributed by atoms with Gasteiger partial charge in [0.2, 0.25) is 0 Å². The summed E-state index contributed by atoms with van der Waals surface area (Å²) in [6, 6.07) is 15.1. The van der Waals surface area contributed by atoms with Crippen molar-refractivity contribution in [3.8, 4) is 0 Å². The van der Waals surface area contributed by atoms with Gasteiger partial charge in [-0.25, -0.2) is 4.79 Å². The smallest absolute Gasteiger partial charge is 0.328 e. The Bertz CT molecular complexity index is 887. The molecule has 0 bridgehead atoms. The second-order valence-electron chi connectivity index (χ2n) is 9.14. The molecule has 1 unspecified atom stereocenters. The molecule has 0 saturated carbocycles. The van der Waals surface area contributed by atoms with Crippen LogP contribution in [0.5, 0.6) is 0 Å². The first-order chi connectivity index (χ1) is 12.6. The molecule has 2 heteroatoms. The highest BCUT2D eigenvalue weighted by molar-refractivity contribution is 5.85. The third-order valence-electron chi connectivity index (χ3n) is 6.21. The minimum Gasteiger partial charge on any atom is -0.478 e. The molecule has 0 fully saturated rings. The lowest BCUT2D eigenvalue weighted by Gasteiger charge is -2.42. The van der Waals surface area contributed by atoms with E-state index in [1.165, 1.54) is 41.2 Å². The van der Waals surface area contributed by atoms with Crippen molar-refractivity contribution < 1.29 is 9.90 Å². The average Bonchev–Trinajstić information content (AvgIpc) is 2.63. The molecule has 1 aliphatic rings. The third kappa shape index (κ3) is 4.00. The van der Waals surface area contributed by atoms with Crippen LogP contribution in [0, 0.1) is 0 Å². The summed E-state index contributed by atoms with van der Waals surface area (Å²) in [4.78, 5) is 10.8. The molecule has 0 spiro atoms. The molecule has 1 aliphatic carbocycles. The lowest BCUT2D eigenvalue weighted by Crippen LogP contribution is -2.34. The van der Waals surface area contributed by atoms with Gasteiger partial charge in [-0.2, -0.15) is 0 Å². The lowest BCUT2D eigenvalue weighted by molar-refractivity contribution is -0.131. The fraction of sp³-hybridized carbons (Fsp3) is 0.400. The van der Waals surface area contributed by atoms with E-state index in [4.69, 9.17) is 5.11 Å². The number of aliphatic carboxylic acids is 1. The monoisotopic (exact) mass is 362 g/mol. The Labute approximate surface area is 162 Å². The van der Waals surface area contributed by atoms with E-state index in [-0.39, 0.29) is 16.7 Å². The maximum absolute atomic E-state index is 10.8. The summed E-state index contributed by atoms with van der Waals surface area (Å²) in [5, 5.41) is 8.85. The molecule has 2 aromatic rings. The summed E-state index contributed by atoms with van der Waals surface area (Å²) in [7, 11) is 0. The van der Waals surface area contributed by atoms with Gasteiger partial charge in [0.25, 0.3) is 0 Å². The Morgan fingerprint density at radius 3 is 2.26 bits per heavy atom. The Hall–Kier alpha value is -2.35. The van der Waals surface area contributed by atoms with E-state index in [0.29, 0.717) is 0 Å². The highest BCUT2D eigenvalue weighted by atomic mass is 16.4. The van der Waals surface area contributed by atoms with E-state index in [2.05, 4.69) is 65.0 Å². The first-order valence-corrected chi connectivity index (χ1v) is 9.76. The zero-order valence-electron chi connectivity index (χ0n) is 17.0. The fourth-order valence-electron chi connectivity index (χ4n) is 4.17. The molecule has 0 saturated heterocycles. The first kappa shape index (κ1) is 19.4. The molecule has 1 atom stereocenters. The number of benzene rings is 2. The summed E-state index contributed by atoms with van der Waals surface area (Å²) in [6.07, 6.45) is 5.27. The molecule has 2 aromatic carbocycles. The quantitative estimate of drug-likeness (QED) is 0.649. The van der Waals surface area contributed by atoms with Gasteiger partial charge in [-0.1, -0.05) is 77.1 Å². The van der Waals surface area contributed by atoms with Crippen LogP contribution in [0.2, 0.25) is 0 Å². The molecule has 0 heterocycles. The van der Waals surface area contributed by atoms with Gasteiger partial charge in [0.15, 0.2) is 0 Å². The van der Waals surface area contributed by atoms with Crippen molar-refractivity contribution in [3.63, 3.8) is 0 Å². The van der Waals surface area contributed by atoms with Gasteiger partial charge in [-0.3, -0.25) is 0 Å². The SMILES string of the molecule is CC(c1cccc(/C=C/C(=O)O)c1)c1ccc2c(c1)C(C)(C)CCC2(C)C. The molecule has 0 aliphatic heterocycles. The molecular weight excluding hydrogens is 332 g/mol. The van der Waals surface area contributed by atoms with Crippen molar-refractivity contribution in [1.82, 2.24) is 0 Å². The number of hydrogen-bond acceptors (Lipinski definition) is 1. The summed E-state index contributed by atoms with van der Waals surface area (Å²) in [5.74, 6) is -0.665. The van der Waals surface area contributed by atoms with Gasteiger partial charge in [-0.05, 0) is 57.6 Å². The normalized spacial score (nSPS) is 18.9. The molecular formula is C25H30O2. The minimum atomic E-state index is -0.923. The van der Waals surface area contributed by atoms with E-state index >= 15 is 0 Å². The summed E-state index contributed by atoms with van der Waals surface area (Å²) in [6.45, 7) is 11.6. The maximum atomic E-state index is 10.8. The Morgan fingerprint density at radius 2 is 1.59 bits per heavy atom. The average molecular weight is 363 g/mol. The van der Waals surface area contributed by atoms with Gasteiger partial charge in [0, 0.05) is 12.0 Å². The van der Waals surface area contributed by atoms with Crippen LogP contribution in [0.15, 0.2) is 48.5 Å². The van der Waals surface area contributed by atoms with Gasteiger partial charge < -0.3 is 5.11 Å². The molecule has 0 aromatic heterocycles. The molecule has 3 rings (SSSR count). The summed E-state index contributed by atoms with van der Waals surface area (Å²) < 4.78 is 0. The Balaban J connectivity index is 1.98. The first-order valence-electron chi connectivity index (χ1n) is 9.76. The Morgan fingerprint density at radius 1 is 0.963 bits per heavy atom. The van der Waals surface area contributed by atoms with Gasteiger partial charge in [0.05, 0.1) is 0 Å². The van der Waals surface area contributed by atoms with Crippen LogP contribution in [0.4, 0.5) is 0 Å². The predicted molar refractivity (Wildman–Crippen MR) is 112 cm³/mol. The maximum Gasteiger partial charge on any atom is 0.328 e. The van der Waals surface area contributed by atoms with Crippen LogP contribution in [0.3, 0.4) is 0 Å². The zero-order chi connectivity index (χ0) is 19.8. The van der Waals surface area contributed by atoms with Crippen LogP contribution < -0.4 is 0 Å². The molecule has 1 N–H and O–H groups in total. The van der Waals surface area contributed by atoms with Crippen LogP contribution in [0.1, 0.15) is 81.2 Å². The van der Waals surface area contributed by atoms with Crippen LogP contribution in [-0.4, -0.2) is 11.1 Å². The second-order valence-corrected chi connectivity index (χ2v) is 9.14. The minimum absolute atomic E-state index is 0.201. The number of carboxylic acid groups (broad SMARTS) is 1. The summed E-state index contributed by atoms with van der Waals surface area (Å²) in [5.41, 5.74) is 6.83. The fourth-order valence-corrected chi connectivity index (χ4v) is 4.17. The third-order valence-corrected chi connectivity index (χ3v) is 6.21. The molecule has 27 heavy (non-hydrogen) atoms. The van der Waals surface area contributed by atoms with Crippen LogP contribution >= 0.6 is 0 Å². The van der Waals surface area contributed by atoms with Crippen molar-refractivity contribution in [2.45, 2.75) is 64.2 Å². The van der Waals surface area contributed by atoms with Crippen molar-refractivity contribution in [2.75, 3.05) is 0 Å². The van der Waals surface area contributed by atoms with E-state index in [1.807, 2.05) is 12.1 Å². The van der Waals surface area contributed by atoms with Crippen LogP contribution in [-0.2, 0) is 15.6 Å². The van der Waals surface area contributed by atoms with Gasteiger partial charge >= 0.3 is 5.97 Å². The molecule has 0 amide bonds. The number of carbonyl (C=O) groups is 1. The van der Waals surface area contributed by atoms with Crippen LogP contribution in [0.25, 0.3) is 6.08 Å². The predicted octanol–water partition coefficient (Wildman–Crippen LogP) is 6.29. The summed E-state index contributed by atoms with van der Waals surface area (Å²) >= 11 is 0. The topological polar surface area (TPSA) is 37.3 Å². The number of rotatable bonds is 4. The van der Waals surface area contributed by atoms with Gasteiger partial charge in [0.1, 0.15) is 0 Å². The van der Waals surface area contributed by atoms with Crippen molar-refractivity contribution in [2.24, 2.45) is 0 Å². The molecule has 0 radical (unpaired) electrons. The Kier molecular flexibility index (Phi) is 5.03. The standard InChI is InChI=1S/C25H30O2/c1-17(19-8-6-7-18(15-19)9-12-23(26)27)20-10-11-21-22(16-20)25(4,5)14-13-24(21,2)3/h6-12,15-17H,13-14H2,1-5H3,(H,26,27)/b12-9+. The molecule has 2 nitrogen and oxygen atoms in total. The highest BCUT2D eigenvalue weighted by Crippen LogP contribution is 2.46. The van der Waals surface area contributed by atoms with Crippen molar-refractivity contribution in [3.05, 3.63) is 76.4 Å². The molecule has 142 valence electrons. The van der Waals surface area contributed by atoms with Crippen molar-refractivity contribution in [1.29, 1.82) is 0 Å².